The van der Waals surface area contributed by atoms with Gasteiger partial charge in [-0.3, -0.25) is 30.3 Å². The summed E-state index contributed by atoms with van der Waals surface area (Å²) in [6, 6.07) is 8.08. The Hall–Kier alpha value is -4.49. The average Bonchev–Trinajstić information content (AvgIpc) is 2.61. The molecule has 0 atom stereocenters. The number of nitro benzene ring substituents is 3. The maximum Gasteiger partial charge on any atom is 0.324 e. The molecule has 0 aromatic heterocycles. The number of methoxy groups -OCH3 is 1. The lowest BCUT2D eigenvalue weighted by molar-refractivity contribution is -0.404. The van der Waals surface area contributed by atoms with Gasteiger partial charge in [0.05, 0.1) is 39.7 Å². The van der Waals surface area contributed by atoms with Gasteiger partial charge in [0, 0.05) is 6.07 Å². The molecule has 0 aliphatic carbocycles. The molecule has 148 valence electrons. The summed E-state index contributed by atoms with van der Waals surface area (Å²) < 4.78 is 4.99. The number of aliphatic imine (C=N–C) groups is 1. The molecule has 0 unspecified atom stereocenters. The van der Waals surface area contributed by atoms with E-state index in [1.807, 2.05) is 12.1 Å². The van der Waals surface area contributed by atoms with E-state index >= 15 is 0 Å². The molecular weight excluding hydrogens is 380 g/mol. The van der Waals surface area contributed by atoms with Gasteiger partial charge in [-0.1, -0.05) is 6.07 Å². The minimum absolute atomic E-state index is 0.0447. The van der Waals surface area contributed by atoms with Crippen molar-refractivity contribution in [3.63, 3.8) is 0 Å². The van der Waals surface area contributed by atoms with Crippen molar-refractivity contribution in [2.75, 3.05) is 7.11 Å². The minimum Gasteiger partial charge on any atom is -0.497 e. The molecule has 0 fully saturated rings. The molecule has 2 aromatic carbocycles. The fraction of sp³-hybridized carbons (Fsp3) is 0.0714. The fourth-order valence-electron chi connectivity index (χ4n) is 1.80. The van der Waals surface area contributed by atoms with Crippen molar-refractivity contribution in [2.24, 2.45) is 16.5 Å². The maximum absolute atomic E-state index is 10.4. The molecule has 28 heavy (non-hydrogen) atoms. The first-order valence-corrected chi connectivity index (χ1v) is 7.10. The van der Waals surface area contributed by atoms with Crippen LogP contribution in [0, 0.1) is 30.3 Å². The van der Waals surface area contributed by atoms with Gasteiger partial charge in [0.2, 0.25) is 0 Å². The number of nitro groups is 3. The van der Waals surface area contributed by atoms with Crippen LogP contribution in [0.3, 0.4) is 0 Å². The van der Waals surface area contributed by atoms with Gasteiger partial charge in [0.15, 0.2) is 5.96 Å². The second-order valence-electron chi connectivity index (χ2n) is 4.84. The van der Waals surface area contributed by atoms with Crippen LogP contribution in [0.5, 0.6) is 11.5 Å². The van der Waals surface area contributed by atoms with Crippen LogP contribution in [0.25, 0.3) is 0 Å². The minimum atomic E-state index is -1.21. The molecular formula is C14H14N6O8. The third kappa shape index (κ3) is 5.80. The number of nitrogens with zero attached hydrogens (tertiary/aromatic N) is 4. The van der Waals surface area contributed by atoms with Crippen LogP contribution in [-0.4, -0.2) is 32.9 Å². The predicted molar refractivity (Wildman–Crippen MR) is 96.5 cm³/mol. The maximum atomic E-state index is 10.4. The third-order valence-corrected chi connectivity index (χ3v) is 2.97. The lowest BCUT2D eigenvalue weighted by Crippen LogP contribution is -2.21. The second-order valence-corrected chi connectivity index (χ2v) is 4.84. The molecule has 0 radical (unpaired) electrons. The highest BCUT2D eigenvalue weighted by Crippen LogP contribution is 2.38. The van der Waals surface area contributed by atoms with E-state index in [9.17, 15) is 30.3 Å². The molecule has 0 spiro atoms. The molecule has 0 heterocycles. The summed E-state index contributed by atoms with van der Waals surface area (Å²) in [5.41, 5.74) is 8.09. The van der Waals surface area contributed by atoms with Crippen LogP contribution in [0.4, 0.5) is 22.7 Å². The molecule has 2 rings (SSSR count). The highest BCUT2D eigenvalue weighted by molar-refractivity contribution is 5.79. The first-order chi connectivity index (χ1) is 13.1. The van der Waals surface area contributed by atoms with E-state index in [1.54, 1.807) is 19.2 Å². The van der Waals surface area contributed by atoms with Gasteiger partial charge < -0.3 is 21.3 Å². The predicted octanol–water partition coefficient (Wildman–Crippen LogP) is 1.72. The Morgan fingerprint density at radius 3 is 1.93 bits per heavy atom. The molecule has 5 N–H and O–H groups in total. The number of nitrogens with two attached hydrogens (primary N) is 2. The van der Waals surface area contributed by atoms with Crippen LogP contribution in [-0.2, 0) is 0 Å². The first-order valence-electron chi connectivity index (χ1n) is 7.10. The SMILES string of the molecule is COc1cccc(N=C(N)N)c1.O=[N+]([O-])c1cc([N+](=O)[O-])c(O)c([N+](=O)[O-])c1. The summed E-state index contributed by atoms with van der Waals surface area (Å²) in [5.74, 6) is -0.429. The smallest absolute Gasteiger partial charge is 0.324 e. The number of rotatable bonds is 5. The van der Waals surface area contributed by atoms with Gasteiger partial charge in [-0.2, -0.15) is 0 Å². The van der Waals surface area contributed by atoms with E-state index in [0.717, 1.165) is 5.75 Å². The van der Waals surface area contributed by atoms with Gasteiger partial charge >= 0.3 is 11.4 Å². The molecule has 14 heteroatoms. The molecule has 0 aliphatic heterocycles. The number of non-ortho nitro benzene ring substituents is 1. The quantitative estimate of drug-likeness (QED) is 0.288. The van der Waals surface area contributed by atoms with Crippen LogP contribution >= 0.6 is 0 Å². The molecule has 0 bridgehead atoms. The van der Waals surface area contributed by atoms with Gasteiger partial charge in [-0.15, -0.1) is 0 Å². The number of guanidine groups is 1. The highest BCUT2D eigenvalue weighted by Gasteiger charge is 2.30. The van der Waals surface area contributed by atoms with Gasteiger partial charge in [-0.25, -0.2) is 4.99 Å². The van der Waals surface area contributed by atoms with Crippen molar-refractivity contribution in [3.05, 3.63) is 66.7 Å². The van der Waals surface area contributed by atoms with E-state index in [-0.39, 0.29) is 5.96 Å². The van der Waals surface area contributed by atoms with Gasteiger partial charge in [0.1, 0.15) is 5.75 Å². The summed E-state index contributed by atoms with van der Waals surface area (Å²) in [6.45, 7) is 0. The Kier molecular flexibility index (Phi) is 7.14. The molecule has 14 nitrogen and oxygen atoms in total. The summed E-state index contributed by atoms with van der Waals surface area (Å²) in [6.07, 6.45) is 0. The zero-order chi connectivity index (χ0) is 21.4. The second kappa shape index (κ2) is 9.27. The molecule has 0 saturated heterocycles. The number of phenols is 1. The van der Waals surface area contributed by atoms with Crippen LogP contribution in [0.15, 0.2) is 41.4 Å². The molecule has 2 aromatic rings. The van der Waals surface area contributed by atoms with E-state index in [0.29, 0.717) is 17.8 Å². The zero-order valence-corrected chi connectivity index (χ0v) is 14.2. The summed E-state index contributed by atoms with van der Waals surface area (Å²) in [5, 5.41) is 40.2. The third-order valence-electron chi connectivity index (χ3n) is 2.97. The molecule has 0 amide bonds. The monoisotopic (exact) mass is 394 g/mol. The number of hydrogen-bond acceptors (Lipinski definition) is 9. The Balaban J connectivity index is 0.000000292. The Labute approximate surface area is 156 Å². The Bertz CT molecular complexity index is 906. The van der Waals surface area contributed by atoms with E-state index < -0.39 is 37.6 Å². The van der Waals surface area contributed by atoms with E-state index in [2.05, 4.69) is 4.99 Å². The van der Waals surface area contributed by atoms with Crippen LogP contribution in [0.2, 0.25) is 0 Å². The van der Waals surface area contributed by atoms with Gasteiger partial charge in [0.25, 0.3) is 11.4 Å². The Morgan fingerprint density at radius 1 is 1.00 bits per heavy atom. The van der Waals surface area contributed by atoms with Crippen molar-refractivity contribution in [3.8, 4) is 11.5 Å². The zero-order valence-electron chi connectivity index (χ0n) is 14.2. The molecule has 0 saturated carbocycles. The summed E-state index contributed by atoms with van der Waals surface area (Å²) in [4.78, 5) is 31.6. The largest absolute Gasteiger partial charge is 0.497 e. The summed E-state index contributed by atoms with van der Waals surface area (Å²) in [7, 11) is 1.59. The van der Waals surface area contributed by atoms with E-state index in [1.165, 1.54) is 0 Å². The van der Waals surface area contributed by atoms with E-state index in [4.69, 9.17) is 21.3 Å². The fourth-order valence-corrected chi connectivity index (χ4v) is 1.80. The lowest BCUT2D eigenvalue weighted by Gasteiger charge is -1.99. The standard InChI is InChI=1S/C8H11N3O.C6H3N3O7/c1-12-7-4-2-3-6(5-7)11-8(9)10;10-6-4(8(13)14)1-3(7(11)12)2-5(6)9(15)16/h2-5H,1H3,(H4,9,10,11);1-2,10H. The molecule has 0 aliphatic rings. The normalized spacial score (nSPS) is 9.46. The number of hydrogen-bond donors (Lipinski definition) is 3. The first kappa shape index (κ1) is 21.6. The number of phenolic OH excluding ortho intramolecular Hbond substituents is 1. The topological polar surface area (TPSA) is 223 Å². The van der Waals surface area contributed by atoms with Crippen molar-refractivity contribution in [1.82, 2.24) is 0 Å². The number of aromatic hydroxyl groups is 1. The van der Waals surface area contributed by atoms with Crippen molar-refractivity contribution in [2.45, 2.75) is 0 Å². The highest BCUT2D eigenvalue weighted by atomic mass is 16.6. The average molecular weight is 394 g/mol. The van der Waals surface area contributed by atoms with Gasteiger partial charge in [-0.05, 0) is 12.1 Å². The van der Waals surface area contributed by atoms with Crippen LogP contribution < -0.4 is 16.2 Å². The van der Waals surface area contributed by atoms with Crippen LogP contribution in [0.1, 0.15) is 0 Å². The van der Waals surface area contributed by atoms with Crippen molar-refractivity contribution < 1.29 is 24.6 Å². The number of benzene rings is 2. The van der Waals surface area contributed by atoms with Crippen molar-refractivity contribution in [1.29, 1.82) is 0 Å². The summed E-state index contributed by atoms with van der Waals surface area (Å²) >= 11 is 0. The van der Waals surface area contributed by atoms with Crippen molar-refractivity contribution >= 4 is 28.7 Å². The lowest BCUT2D eigenvalue weighted by atomic mass is 10.2. The Morgan fingerprint density at radius 2 is 1.54 bits per heavy atom. The number of ether oxygens (including phenoxy) is 1.